The summed E-state index contributed by atoms with van der Waals surface area (Å²) in [6, 6.07) is 6.91. The van der Waals surface area contributed by atoms with Gasteiger partial charge in [0.05, 0.1) is 0 Å². The average Bonchev–Trinajstić information content (AvgIpc) is 2.29. The van der Waals surface area contributed by atoms with Crippen molar-refractivity contribution < 1.29 is 0 Å². The number of hydrogen-bond donors (Lipinski definition) is 1. The largest absolute Gasteiger partial charge is 0.324 e. The maximum absolute atomic E-state index is 6.42. The van der Waals surface area contributed by atoms with E-state index in [4.69, 9.17) is 5.73 Å². The van der Waals surface area contributed by atoms with Crippen LogP contribution in [0, 0.1) is 19.8 Å². The van der Waals surface area contributed by atoms with Gasteiger partial charge in [0.25, 0.3) is 0 Å². The van der Waals surface area contributed by atoms with Crippen molar-refractivity contribution in [3.8, 4) is 0 Å². The maximum Gasteiger partial charge on any atom is 0.0326 e. The highest BCUT2D eigenvalue weighted by Crippen LogP contribution is 2.34. The van der Waals surface area contributed by atoms with Crippen LogP contribution >= 0.6 is 12.4 Å². The van der Waals surface area contributed by atoms with Crippen LogP contribution in [-0.4, -0.2) is 0 Å². The minimum atomic E-state index is 0. The summed E-state index contributed by atoms with van der Waals surface area (Å²) in [5.41, 5.74) is 10.5. The second-order valence-corrected chi connectivity index (χ2v) is 5.28. The molecule has 0 spiro atoms. The standard InChI is InChI=1S/C15H23N.ClH/c1-11-8-9-14(12(2)10-11)15(16)13-6-4-3-5-7-13;/h8-10,13,15H,3-7,16H2,1-2H3;1H/t15-;/m1./s1. The van der Waals surface area contributed by atoms with Crippen molar-refractivity contribution in [1.29, 1.82) is 0 Å². The zero-order valence-electron chi connectivity index (χ0n) is 10.9. The first-order chi connectivity index (χ1) is 7.68. The minimum Gasteiger partial charge on any atom is -0.324 e. The molecule has 17 heavy (non-hydrogen) atoms. The first kappa shape index (κ1) is 14.5. The molecule has 0 aromatic heterocycles. The maximum atomic E-state index is 6.42. The van der Waals surface area contributed by atoms with E-state index >= 15 is 0 Å². The van der Waals surface area contributed by atoms with Crippen molar-refractivity contribution >= 4 is 12.4 Å². The highest BCUT2D eigenvalue weighted by molar-refractivity contribution is 5.85. The van der Waals surface area contributed by atoms with Crippen molar-refractivity contribution in [2.24, 2.45) is 11.7 Å². The molecule has 0 bridgehead atoms. The van der Waals surface area contributed by atoms with Crippen LogP contribution in [-0.2, 0) is 0 Å². The molecule has 2 N–H and O–H groups in total. The van der Waals surface area contributed by atoms with Crippen LogP contribution in [0.1, 0.15) is 54.8 Å². The van der Waals surface area contributed by atoms with Gasteiger partial charge in [0, 0.05) is 6.04 Å². The van der Waals surface area contributed by atoms with Gasteiger partial charge >= 0.3 is 0 Å². The molecule has 96 valence electrons. The monoisotopic (exact) mass is 253 g/mol. The lowest BCUT2D eigenvalue weighted by molar-refractivity contribution is 0.307. The molecule has 0 saturated heterocycles. The Bertz CT molecular complexity index is 356. The van der Waals surface area contributed by atoms with Crippen molar-refractivity contribution in [1.82, 2.24) is 0 Å². The van der Waals surface area contributed by atoms with E-state index in [2.05, 4.69) is 32.0 Å². The number of halogens is 1. The number of rotatable bonds is 2. The molecule has 2 rings (SSSR count). The minimum absolute atomic E-state index is 0. The Labute approximate surface area is 111 Å². The van der Waals surface area contributed by atoms with E-state index in [-0.39, 0.29) is 18.4 Å². The summed E-state index contributed by atoms with van der Waals surface area (Å²) >= 11 is 0. The number of aryl methyl sites for hydroxylation is 2. The Morgan fingerprint density at radius 1 is 1.12 bits per heavy atom. The number of nitrogens with two attached hydrogens (primary N) is 1. The molecule has 1 aromatic rings. The van der Waals surface area contributed by atoms with Gasteiger partial charge < -0.3 is 5.73 Å². The summed E-state index contributed by atoms with van der Waals surface area (Å²) in [4.78, 5) is 0. The van der Waals surface area contributed by atoms with E-state index in [1.54, 1.807) is 0 Å². The van der Waals surface area contributed by atoms with Crippen LogP contribution in [0.3, 0.4) is 0 Å². The molecule has 0 heterocycles. The molecule has 1 nitrogen and oxygen atoms in total. The Morgan fingerprint density at radius 2 is 1.76 bits per heavy atom. The van der Waals surface area contributed by atoms with Gasteiger partial charge in [0.2, 0.25) is 0 Å². The second kappa shape index (κ2) is 6.42. The van der Waals surface area contributed by atoms with Gasteiger partial charge in [-0.3, -0.25) is 0 Å². The molecule has 1 aliphatic carbocycles. The summed E-state index contributed by atoms with van der Waals surface area (Å²) in [7, 11) is 0. The Hall–Kier alpha value is -0.530. The van der Waals surface area contributed by atoms with Gasteiger partial charge in [-0.2, -0.15) is 0 Å². The van der Waals surface area contributed by atoms with Gasteiger partial charge in [-0.15, -0.1) is 12.4 Å². The fourth-order valence-corrected chi connectivity index (χ4v) is 2.95. The van der Waals surface area contributed by atoms with Crippen LogP contribution in [0.2, 0.25) is 0 Å². The Balaban J connectivity index is 0.00000144. The smallest absolute Gasteiger partial charge is 0.0326 e. The first-order valence-electron chi connectivity index (χ1n) is 6.51. The molecule has 1 aromatic carbocycles. The van der Waals surface area contributed by atoms with Crippen molar-refractivity contribution in [2.75, 3.05) is 0 Å². The van der Waals surface area contributed by atoms with Crippen LogP contribution in [0.15, 0.2) is 18.2 Å². The summed E-state index contributed by atoms with van der Waals surface area (Å²) in [5.74, 6) is 0.704. The van der Waals surface area contributed by atoms with Gasteiger partial charge in [-0.05, 0) is 43.7 Å². The third-order valence-electron chi connectivity index (χ3n) is 3.94. The second-order valence-electron chi connectivity index (χ2n) is 5.28. The predicted molar refractivity (Wildman–Crippen MR) is 76.7 cm³/mol. The molecule has 1 aliphatic rings. The molecule has 0 aliphatic heterocycles. The van der Waals surface area contributed by atoms with Crippen molar-refractivity contribution in [3.63, 3.8) is 0 Å². The SMILES string of the molecule is Cc1ccc([C@H](N)C2CCCCC2)c(C)c1.Cl. The lowest BCUT2D eigenvalue weighted by Gasteiger charge is -2.28. The molecule has 1 fully saturated rings. The predicted octanol–water partition coefficient (Wildman–Crippen LogP) is 4.31. The van der Waals surface area contributed by atoms with E-state index in [0.29, 0.717) is 5.92 Å². The quantitative estimate of drug-likeness (QED) is 0.835. The fraction of sp³-hybridized carbons (Fsp3) is 0.600. The summed E-state index contributed by atoms with van der Waals surface area (Å²) in [6.45, 7) is 4.33. The van der Waals surface area contributed by atoms with E-state index in [1.807, 2.05) is 0 Å². The van der Waals surface area contributed by atoms with E-state index in [1.165, 1.54) is 48.8 Å². The average molecular weight is 254 g/mol. The van der Waals surface area contributed by atoms with Gasteiger partial charge in [0.15, 0.2) is 0 Å². The molecular weight excluding hydrogens is 230 g/mol. The zero-order chi connectivity index (χ0) is 11.5. The van der Waals surface area contributed by atoms with Crippen LogP contribution in [0.4, 0.5) is 0 Å². The topological polar surface area (TPSA) is 26.0 Å². The normalized spacial score (nSPS) is 18.5. The zero-order valence-corrected chi connectivity index (χ0v) is 11.7. The summed E-state index contributed by atoms with van der Waals surface area (Å²) in [6.07, 6.45) is 6.76. The summed E-state index contributed by atoms with van der Waals surface area (Å²) < 4.78 is 0. The van der Waals surface area contributed by atoms with Crippen LogP contribution in [0.5, 0.6) is 0 Å². The Kier molecular flexibility index (Phi) is 5.48. The van der Waals surface area contributed by atoms with Crippen LogP contribution < -0.4 is 5.73 Å². The molecule has 0 amide bonds. The molecular formula is C15H24ClN. The van der Waals surface area contributed by atoms with E-state index in [0.717, 1.165) is 0 Å². The fourth-order valence-electron chi connectivity index (χ4n) is 2.95. The molecule has 2 heteroatoms. The highest BCUT2D eigenvalue weighted by atomic mass is 35.5. The first-order valence-corrected chi connectivity index (χ1v) is 6.51. The Morgan fingerprint density at radius 3 is 2.35 bits per heavy atom. The van der Waals surface area contributed by atoms with Gasteiger partial charge in [-0.25, -0.2) is 0 Å². The van der Waals surface area contributed by atoms with E-state index in [9.17, 15) is 0 Å². The number of hydrogen-bond acceptors (Lipinski definition) is 1. The van der Waals surface area contributed by atoms with Gasteiger partial charge in [-0.1, -0.05) is 43.0 Å². The van der Waals surface area contributed by atoms with Crippen molar-refractivity contribution in [2.45, 2.75) is 52.0 Å². The molecule has 1 atom stereocenters. The summed E-state index contributed by atoms with van der Waals surface area (Å²) in [5, 5.41) is 0. The van der Waals surface area contributed by atoms with Crippen LogP contribution in [0.25, 0.3) is 0 Å². The molecule has 1 saturated carbocycles. The highest BCUT2D eigenvalue weighted by Gasteiger charge is 2.22. The number of benzene rings is 1. The molecule has 0 unspecified atom stereocenters. The van der Waals surface area contributed by atoms with Crippen molar-refractivity contribution in [3.05, 3.63) is 34.9 Å². The molecule has 0 radical (unpaired) electrons. The van der Waals surface area contributed by atoms with Gasteiger partial charge in [0.1, 0.15) is 0 Å². The third-order valence-corrected chi connectivity index (χ3v) is 3.94. The lowest BCUT2D eigenvalue weighted by atomic mass is 9.80. The lowest BCUT2D eigenvalue weighted by Crippen LogP contribution is -2.24. The third kappa shape index (κ3) is 3.46. The van der Waals surface area contributed by atoms with E-state index < -0.39 is 0 Å².